The molecule has 1 amide bonds. The van der Waals surface area contributed by atoms with Crippen LogP contribution in [0, 0.1) is 39.0 Å². The highest BCUT2D eigenvalue weighted by Crippen LogP contribution is 2.23. The van der Waals surface area contributed by atoms with Crippen LogP contribution in [0.25, 0.3) is 11.8 Å². The van der Waals surface area contributed by atoms with Crippen LogP contribution in [0.5, 0.6) is 0 Å². The summed E-state index contributed by atoms with van der Waals surface area (Å²) in [5.41, 5.74) is 8.45. The van der Waals surface area contributed by atoms with E-state index >= 15 is 0 Å². The Morgan fingerprint density at radius 3 is 2.22 bits per heavy atom. The number of ether oxygens (including phenoxy) is 1. The van der Waals surface area contributed by atoms with Gasteiger partial charge in [0.15, 0.2) is 0 Å². The van der Waals surface area contributed by atoms with E-state index in [1.165, 1.54) is 0 Å². The van der Waals surface area contributed by atoms with E-state index in [1.54, 1.807) is 29.8 Å². The monoisotopic (exact) mass is 430 g/mol. The van der Waals surface area contributed by atoms with Crippen molar-refractivity contribution in [2.24, 2.45) is 0 Å². The van der Waals surface area contributed by atoms with Gasteiger partial charge in [-0.05, 0) is 88.7 Å². The van der Waals surface area contributed by atoms with Crippen molar-refractivity contribution < 1.29 is 14.3 Å². The first-order valence-electron chi connectivity index (χ1n) is 10.3. The predicted molar refractivity (Wildman–Crippen MR) is 123 cm³/mol. The number of nitriles is 1. The van der Waals surface area contributed by atoms with E-state index in [4.69, 9.17) is 4.74 Å². The lowest BCUT2D eigenvalue weighted by Crippen LogP contribution is -2.25. The quantitative estimate of drug-likeness (QED) is 0.357. The molecule has 0 saturated heterocycles. The number of amides is 1. The average Bonchev–Trinajstić information content (AvgIpc) is 3.24. The summed E-state index contributed by atoms with van der Waals surface area (Å²) in [7, 11) is 0. The molecule has 0 radical (unpaired) electrons. The van der Waals surface area contributed by atoms with E-state index in [9.17, 15) is 14.9 Å². The Morgan fingerprint density at radius 1 is 1.03 bits per heavy atom. The molecule has 7 nitrogen and oxygen atoms in total. The van der Waals surface area contributed by atoms with Crippen molar-refractivity contribution in [3.05, 3.63) is 81.9 Å². The van der Waals surface area contributed by atoms with Crippen molar-refractivity contribution in [2.75, 3.05) is 12.0 Å². The van der Waals surface area contributed by atoms with Crippen LogP contribution < -0.4 is 5.43 Å². The molecular formula is C25H26N4O3. The Kier molecular flexibility index (Phi) is 6.64. The van der Waals surface area contributed by atoms with Crippen molar-refractivity contribution in [3.8, 4) is 11.8 Å². The van der Waals surface area contributed by atoms with Crippen molar-refractivity contribution in [3.63, 3.8) is 0 Å². The van der Waals surface area contributed by atoms with Crippen LogP contribution in [0.4, 0.5) is 0 Å². The second kappa shape index (κ2) is 9.40. The van der Waals surface area contributed by atoms with E-state index in [2.05, 4.69) is 5.43 Å². The molecule has 3 aromatic rings. The molecule has 1 aromatic carbocycles. The Morgan fingerprint density at radius 2 is 1.66 bits per heavy atom. The fraction of sp³-hybridized carbons (Fsp3) is 0.240. The molecule has 32 heavy (non-hydrogen) atoms. The minimum Gasteiger partial charge on any atom is -0.462 e. The third-order valence-electron chi connectivity index (χ3n) is 5.26. The lowest BCUT2D eigenvalue weighted by Gasteiger charge is -2.11. The molecule has 0 aliphatic heterocycles. The van der Waals surface area contributed by atoms with Gasteiger partial charge in [0.05, 0.1) is 12.2 Å². The summed E-state index contributed by atoms with van der Waals surface area (Å²) in [4.78, 5) is 24.6. The van der Waals surface area contributed by atoms with Crippen LogP contribution in [-0.4, -0.2) is 27.7 Å². The largest absolute Gasteiger partial charge is 0.462 e. The zero-order valence-electron chi connectivity index (χ0n) is 18.9. The number of esters is 1. The molecule has 2 heterocycles. The van der Waals surface area contributed by atoms with Crippen molar-refractivity contribution in [1.82, 2.24) is 9.24 Å². The molecule has 0 aliphatic rings. The number of rotatable bonds is 6. The number of nitrogens with zero attached hydrogens (tertiary/aromatic N) is 3. The maximum Gasteiger partial charge on any atom is 0.338 e. The standard InChI is InChI=1S/C25H26N4O3/c1-6-32-25(31)20-9-11-23(12-10-20)28-18(4)13-21(19(28)5)14-22(15-26)24(30)27-29-16(2)7-8-17(29)3/h7-14H,6H2,1-5H3,(H,27,30)/b22-14-. The molecule has 0 unspecified atom stereocenters. The maximum absolute atomic E-state index is 12.7. The summed E-state index contributed by atoms with van der Waals surface area (Å²) in [6.45, 7) is 9.72. The van der Waals surface area contributed by atoms with Gasteiger partial charge in [0.25, 0.3) is 5.91 Å². The number of hydrogen-bond acceptors (Lipinski definition) is 4. The Hall–Kier alpha value is -4.05. The molecule has 0 bridgehead atoms. The van der Waals surface area contributed by atoms with Crippen LogP contribution in [0.3, 0.4) is 0 Å². The number of aryl methyl sites for hydroxylation is 3. The number of nitrogens with one attached hydrogen (secondary N) is 1. The molecule has 164 valence electrons. The summed E-state index contributed by atoms with van der Waals surface area (Å²) in [5, 5.41) is 9.60. The zero-order chi connectivity index (χ0) is 23.4. The highest BCUT2D eigenvalue weighted by atomic mass is 16.5. The third-order valence-corrected chi connectivity index (χ3v) is 5.26. The van der Waals surface area contributed by atoms with Gasteiger partial charge in [-0.15, -0.1) is 0 Å². The fourth-order valence-electron chi connectivity index (χ4n) is 3.60. The Labute approximate surface area is 187 Å². The Balaban J connectivity index is 1.90. The molecule has 0 atom stereocenters. The number of aromatic nitrogens is 2. The number of carbonyl (C=O) groups is 2. The summed E-state index contributed by atoms with van der Waals surface area (Å²) in [6.07, 6.45) is 1.59. The molecule has 3 rings (SSSR count). The van der Waals surface area contributed by atoms with Crippen LogP contribution in [0.15, 0.2) is 48.0 Å². The smallest absolute Gasteiger partial charge is 0.338 e. The normalized spacial score (nSPS) is 11.2. The highest BCUT2D eigenvalue weighted by Gasteiger charge is 2.15. The molecule has 1 N–H and O–H groups in total. The minimum absolute atomic E-state index is 0.00964. The number of hydrogen-bond donors (Lipinski definition) is 1. The molecular weight excluding hydrogens is 404 g/mol. The summed E-state index contributed by atoms with van der Waals surface area (Å²) in [6, 6.07) is 14.8. The molecule has 2 aromatic heterocycles. The highest BCUT2D eigenvalue weighted by molar-refractivity contribution is 6.06. The van der Waals surface area contributed by atoms with Gasteiger partial charge in [-0.25, -0.2) is 4.79 Å². The fourth-order valence-corrected chi connectivity index (χ4v) is 3.60. The second-order valence-corrected chi connectivity index (χ2v) is 7.49. The molecule has 0 fully saturated rings. The zero-order valence-corrected chi connectivity index (χ0v) is 18.9. The molecule has 0 spiro atoms. The van der Waals surface area contributed by atoms with E-state index in [-0.39, 0.29) is 11.5 Å². The van der Waals surface area contributed by atoms with Gasteiger partial charge in [-0.1, -0.05) is 0 Å². The van der Waals surface area contributed by atoms with Crippen LogP contribution in [-0.2, 0) is 9.53 Å². The summed E-state index contributed by atoms with van der Waals surface area (Å²) >= 11 is 0. The lowest BCUT2D eigenvalue weighted by atomic mass is 10.1. The van der Waals surface area contributed by atoms with Gasteiger partial charge in [-0.3, -0.25) is 14.9 Å². The summed E-state index contributed by atoms with van der Waals surface area (Å²) < 4.78 is 8.69. The first-order valence-corrected chi connectivity index (χ1v) is 10.3. The van der Waals surface area contributed by atoms with Crippen molar-refractivity contribution in [1.29, 1.82) is 5.26 Å². The van der Waals surface area contributed by atoms with Gasteiger partial charge in [0.2, 0.25) is 0 Å². The predicted octanol–water partition coefficient (Wildman–Crippen LogP) is 4.37. The molecule has 7 heteroatoms. The van der Waals surface area contributed by atoms with Gasteiger partial charge < -0.3 is 9.30 Å². The first-order chi connectivity index (χ1) is 15.3. The maximum atomic E-state index is 12.7. The second-order valence-electron chi connectivity index (χ2n) is 7.49. The Bertz CT molecular complexity index is 1220. The van der Waals surface area contributed by atoms with Gasteiger partial charge in [-0.2, -0.15) is 5.26 Å². The van der Waals surface area contributed by atoms with Crippen LogP contribution in [0.1, 0.15) is 45.6 Å². The number of benzene rings is 1. The van der Waals surface area contributed by atoms with E-state index < -0.39 is 5.91 Å². The molecule has 0 aliphatic carbocycles. The van der Waals surface area contributed by atoms with E-state index in [0.717, 1.165) is 34.0 Å². The SMILES string of the molecule is CCOC(=O)c1ccc(-n2c(C)cc(/C=C(/C#N)C(=O)Nn3c(C)ccc3C)c2C)cc1. The van der Waals surface area contributed by atoms with Gasteiger partial charge in [0, 0.05) is 28.5 Å². The minimum atomic E-state index is -0.474. The van der Waals surface area contributed by atoms with Gasteiger partial charge in [0.1, 0.15) is 11.6 Å². The van der Waals surface area contributed by atoms with Crippen molar-refractivity contribution in [2.45, 2.75) is 34.6 Å². The van der Waals surface area contributed by atoms with E-state index in [1.807, 2.05) is 68.7 Å². The average molecular weight is 431 g/mol. The van der Waals surface area contributed by atoms with Crippen LogP contribution >= 0.6 is 0 Å². The van der Waals surface area contributed by atoms with Crippen molar-refractivity contribution >= 4 is 18.0 Å². The summed E-state index contributed by atoms with van der Waals surface area (Å²) in [5.74, 6) is -0.833. The topological polar surface area (TPSA) is 89.1 Å². The van der Waals surface area contributed by atoms with Crippen LogP contribution in [0.2, 0.25) is 0 Å². The van der Waals surface area contributed by atoms with Gasteiger partial charge >= 0.3 is 5.97 Å². The number of carbonyl (C=O) groups excluding carboxylic acids is 2. The van der Waals surface area contributed by atoms with E-state index in [0.29, 0.717) is 12.2 Å². The third kappa shape index (κ3) is 4.49. The lowest BCUT2D eigenvalue weighted by molar-refractivity contribution is -0.113. The molecule has 0 saturated carbocycles. The first kappa shape index (κ1) is 22.6.